The molecule has 1 aliphatic rings. The molecule has 0 radical (unpaired) electrons. The van der Waals surface area contributed by atoms with Gasteiger partial charge < -0.3 is 10.4 Å². The van der Waals surface area contributed by atoms with E-state index in [4.69, 9.17) is 0 Å². The van der Waals surface area contributed by atoms with Crippen LogP contribution in [0.2, 0.25) is 0 Å². The molecule has 10 heteroatoms. The molecule has 0 aliphatic carbocycles. The number of carbonyl (C=O) groups excluding carboxylic acids is 1. The number of aliphatic hydroxyl groups is 1. The summed E-state index contributed by atoms with van der Waals surface area (Å²) in [5.41, 5.74) is -0.200. The third-order valence-electron chi connectivity index (χ3n) is 4.65. The Kier molecular flexibility index (Phi) is 6.25. The van der Waals surface area contributed by atoms with Crippen LogP contribution in [0.1, 0.15) is 29.6 Å². The zero-order valence-electron chi connectivity index (χ0n) is 15.2. The fraction of sp³-hybridized carbons (Fsp3) is 0.316. The number of rotatable bonds is 4. The van der Waals surface area contributed by atoms with E-state index in [2.05, 4.69) is 5.32 Å². The number of sulfonamides is 1. The Hall–Kier alpha value is -2.43. The predicted octanol–water partition coefficient (Wildman–Crippen LogP) is 2.89. The smallest absolute Gasteiger partial charge is 0.255 e. The van der Waals surface area contributed by atoms with E-state index >= 15 is 0 Å². The largest absolute Gasteiger partial charge is 0.393 e. The summed E-state index contributed by atoms with van der Waals surface area (Å²) in [4.78, 5) is 11.7. The summed E-state index contributed by atoms with van der Waals surface area (Å²) in [6, 6.07) is 5.60. The molecule has 1 aliphatic heterocycles. The van der Waals surface area contributed by atoms with Crippen LogP contribution in [-0.2, 0) is 10.0 Å². The highest BCUT2D eigenvalue weighted by Gasteiger charge is 2.30. The van der Waals surface area contributed by atoms with Crippen molar-refractivity contribution in [3.63, 3.8) is 0 Å². The van der Waals surface area contributed by atoms with Crippen LogP contribution in [0.15, 0.2) is 41.3 Å². The zero-order chi connectivity index (χ0) is 21.2. The van der Waals surface area contributed by atoms with Crippen LogP contribution < -0.4 is 5.32 Å². The van der Waals surface area contributed by atoms with Crippen LogP contribution in [0.25, 0.3) is 0 Å². The predicted molar refractivity (Wildman–Crippen MR) is 99.3 cm³/mol. The average Bonchev–Trinajstić information content (AvgIpc) is 2.90. The average molecular weight is 428 g/mol. The van der Waals surface area contributed by atoms with Gasteiger partial charge in [-0.1, -0.05) is 0 Å². The number of aliphatic hydroxyl groups excluding tert-OH is 1. The molecular formula is C19H19F3N2O4S. The molecule has 0 spiro atoms. The summed E-state index contributed by atoms with van der Waals surface area (Å²) in [5, 5.41) is 12.0. The van der Waals surface area contributed by atoms with Crippen molar-refractivity contribution in [1.82, 2.24) is 4.31 Å². The molecule has 3 rings (SSSR count). The van der Waals surface area contributed by atoms with E-state index < -0.39 is 44.4 Å². The third-order valence-corrected chi connectivity index (χ3v) is 6.56. The lowest BCUT2D eigenvalue weighted by atomic mass is 10.2. The van der Waals surface area contributed by atoms with Gasteiger partial charge in [-0.15, -0.1) is 0 Å². The monoisotopic (exact) mass is 428 g/mol. The maximum absolute atomic E-state index is 14.3. The Morgan fingerprint density at radius 1 is 1.00 bits per heavy atom. The van der Waals surface area contributed by atoms with Gasteiger partial charge in [0.1, 0.15) is 10.7 Å². The fourth-order valence-corrected chi connectivity index (χ4v) is 4.64. The highest BCUT2D eigenvalue weighted by atomic mass is 32.2. The SMILES string of the molecule is O=C(Nc1ccc(F)c(F)c1)c1ccc(F)c(S(=O)(=O)N2CCCC(O)CC2)c1. The van der Waals surface area contributed by atoms with Gasteiger partial charge in [0.15, 0.2) is 11.6 Å². The molecule has 29 heavy (non-hydrogen) atoms. The second-order valence-electron chi connectivity index (χ2n) is 6.72. The van der Waals surface area contributed by atoms with Crippen LogP contribution in [0.4, 0.5) is 18.9 Å². The number of carbonyl (C=O) groups is 1. The zero-order valence-corrected chi connectivity index (χ0v) is 16.1. The van der Waals surface area contributed by atoms with Gasteiger partial charge in [-0.05, 0) is 49.6 Å². The summed E-state index contributed by atoms with van der Waals surface area (Å²) in [6.07, 6.45) is 0.494. The number of hydrogen-bond donors (Lipinski definition) is 2. The molecule has 6 nitrogen and oxygen atoms in total. The molecule has 2 N–H and O–H groups in total. The Balaban J connectivity index is 1.86. The van der Waals surface area contributed by atoms with Crippen molar-refractivity contribution >= 4 is 21.6 Å². The molecule has 2 aromatic carbocycles. The Morgan fingerprint density at radius 2 is 1.72 bits per heavy atom. The van der Waals surface area contributed by atoms with Crippen molar-refractivity contribution in [2.45, 2.75) is 30.3 Å². The maximum atomic E-state index is 14.3. The number of halogens is 3. The first-order valence-corrected chi connectivity index (χ1v) is 10.4. The van der Waals surface area contributed by atoms with Crippen LogP contribution >= 0.6 is 0 Å². The number of benzene rings is 2. The van der Waals surface area contributed by atoms with Crippen molar-refractivity contribution in [3.05, 3.63) is 59.4 Å². The van der Waals surface area contributed by atoms with Crippen molar-refractivity contribution in [3.8, 4) is 0 Å². The molecule has 1 fully saturated rings. The lowest BCUT2D eigenvalue weighted by Gasteiger charge is -2.20. The van der Waals surface area contributed by atoms with Gasteiger partial charge in [0.05, 0.1) is 6.10 Å². The number of amides is 1. The molecule has 2 aromatic rings. The quantitative estimate of drug-likeness (QED) is 0.784. The molecule has 156 valence electrons. The molecule has 1 atom stereocenters. The minimum atomic E-state index is -4.22. The van der Waals surface area contributed by atoms with E-state index in [0.717, 1.165) is 40.7 Å². The molecule has 0 saturated carbocycles. The van der Waals surface area contributed by atoms with E-state index in [0.29, 0.717) is 12.8 Å². The first-order chi connectivity index (χ1) is 13.7. The van der Waals surface area contributed by atoms with Crippen molar-refractivity contribution in [1.29, 1.82) is 0 Å². The molecule has 1 unspecified atom stereocenters. The summed E-state index contributed by atoms with van der Waals surface area (Å²) in [6.45, 7) is 0.165. The fourth-order valence-electron chi connectivity index (χ4n) is 3.05. The number of nitrogens with zero attached hydrogens (tertiary/aromatic N) is 1. The Bertz CT molecular complexity index is 1030. The van der Waals surface area contributed by atoms with E-state index in [1.165, 1.54) is 0 Å². The summed E-state index contributed by atoms with van der Waals surface area (Å²) in [7, 11) is -4.22. The van der Waals surface area contributed by atoms with Gasteiger partial charge in [-0.3, -0.25) is 4.79 Å². The van der Waals surface area contributed by atoms with Gasteiger partial charge in [0.2, 0.25) is 10.0 Å². The van der Waals surface area contributed by atoms with Crippen LogP contribution in [0.3, 0.4) is 0 Å². The first-order valence-electron chi connectivity index (χ1n) is 8.92. The summed E-state index contributed by atoms with van der Waals surface area (Å²) in [5.74, 6) is -4.06. The summed E-state index contributed by atoms with van der Waals surface area (Å²) >= 11 is 0. The molecular weight excluding hydrogens is 409 g/mol. The Labute approximate surface area is 166 Å². The van der Waals surface area contributed by atoms with E-state index in [1.807, 2.05) is 0 Å². The van der Waals surface area contributed by atoms with Crippen LogP contribution in [0, 0.1) is 17.5 Å². The molecule has 0 aromatic heterocycles. The second kappa shape index (κ2) is 8.52. The minimum Gasteiger partial charge on any atom is -0.393 e. The topological polar surface area (TPSA) is 86.7 Å². The number of anilines is 1. The number of nitrogens with one attached hydrogen (secondary N) is 1. The van der Waals surface area contributed by atoms with Crippen molar-refractivity contribution in [2.24, 2.45) is 0 Å². The molecule has 1 saturated heterocycles. The Morgan fingerprint density at radius 3 is 2.45 bits per heavy atom. The van der Waals surface area contributed by atoms with Crippen LogP contribution in [0.5, 0.6) is 0 Å². The van der Waals surface area contributed by atoms with Gasteiger partial charge in [-0.2, -0.15) is 4.31 Å². The third kappa shape index (κ3) is 4.77. The van der Waals surface area contributed by atoms with Gasteiger partial charge in [-0.25, -0.2) is 21.6 Å². The van der Waals surface area contributed by atoms with Crippen molar-refractivity contribution < 1.29 is 31.5 Å². The highest BCUT2D eigenvalue weighted by molar-refractivity contribution is 7.89. The standard InChI is InChI=1S/C19H19F3N2O4S/c20-15-6-4-13(11-17(15)22)23-19(26)12-3-5-16(21)18(10-12)29(27,28)24-8-1-2-14(25)7-9-24/h3-6,10-11,14,25H,1-2,7-9H2,(H,23,26). The maximum Gasteiger partial charge on any atom is 0.255 e. The highest BCUT2D eigenvalue weighted by Crippen LogP contribution is 2.24. The lowest BCUT2D eigenvalue weighted by molar-refractivity contribution is 0.102. The van der Waals surface area contributed by atoms with Gasteiger partial charge in [0, 0.05) is 30.4 Å². The summed E-state index contributed by atoms with van der Waals surface area (Å²) < 4.78 is 67.4. The van der Waals surface area contributed by atoms with Gasteiger partial charge in [0.25, 0.3) is 5.91 Å². The normalized spacial score (nSPS) is 18.3. The first kappa shape index (κ1) is 21.3. The van der Waals surface area contributed by atoms with Gasteiger partial charge >= 0.3 is 0 Å². The second-order valence-corrected chi connectivity index (χ2v) is 8.62. The molecule has 0 bridgehead atoms. The van der Waals surface area contributed by atoms with E-state index in [9.17, 15) is 31.5 Å². The molecule has 1 amide bonds. The van der Waals surface area contributed by atoms with E-state index in [-0.39, 0.29) is 30.8 Å². The van der Waals surface area contributed by atoms with Crippen LogP contribution in [-0.4, -0.2) is 42.9 Å². The lowest BCUT2D eigenvalue weighted by Crippen LogP contribution is -2.33. The number of hydrogen-bond acceptors (Lipinski definition) is 4. The van der Waals surface area contributed by atoms with E-state index in [1.54, 1.807) is 0 Å². The minimum absolute atomic E-state index is 0.0359. The molecule has 1 heterocycles. The van der Waals surface area contributed by atoms with Crippen molar-refractivity contribution in [2.75, 3.05) is 18.4 Å².